The average Bonchev–Trinajstić information content (AvgIpc) is 3.03. The maximum absolute atomic E-state index is 12.9. The Labute approximate surface area is 167 Å². The lowest BCUT2D eigenvalue weighted by Crippen LogP contribution is -2.52. The lowest BCUT2D eigenvalue weighted by atomic mass is 9.90. The zero-order valence-electron chi connectivity index (χ0n) is 17.4. The fourth-order valence-electron chi connectivity index (χ4n) is 3.67. The first-order valence-electron chi connectivity index (χ1n) is 10.1. The molecule has 0 radical (unpaired) electrons. The number of nitrogens with zero attached hydrogens (tertiary/aromatic N) is 3. The number of hydrogen-bond donors (Lipinski definition) is 0. The fraction of sp³-hybridized carbons (Fsp3) is 0.591. The second kappa shape index (κ2) is 8.03. The summed E-state index contributed by atoms with van der Waals surface area (Å²) in [4.78, 5) is 43.3. The van der Waals surface area contributed by atoms with Gasteiger partial charge in [-0.2, -0.15) is 0 Å². The topological polar surface area (TPSA) is 60.9 Å². The second-order valence-electron chi connectivity index (χ2n) is 9.02. The predicted molar refractivity (Wildman–Crippen MR) is 109 cm³/mol. The number of carbonyl (C=O) groups is 3. The minimum atomic E-state index is -0.337. The molecule has 2 amide bonds. The molecule has 6 heteroatoms. The van der Waals surface area contributed by atoms with Gasteiger partial charge >= 0.3 is 0 Å². The van der Waals surface area contributed by atoms with E-state index in [9.17, 15) is 14.4 Å². The molecule has 0 aliphatic carbocycles. The van der Waals surface area contributed by atoms with Crippen LogP contribution in [0.4, 0.5) is 5.69 Å². The van der Waals surface area contributed by atoms with Crippen molar-refractivity contribution < 1.29 is 14.4 Å². The molecule has 152 valence electrons. The van der Waals surface area contributed by atoms with Crippen LogP contribution in [0.15, 0.2) is 24.3 Å². The molecule has 0 N–H and O–H groups in total. The van der Waals surface area contributed by atoms with Crippen LogP contribution >= 0.6 is 0 Å². The van der Waals surface area contributed by atoms with E-state index in [1.54, 1.807) is 4.90 Å². The summed E-state index contributed by atoms with van der Waals surface area (Å²) < 4.78 is 0. The molecule has 2 aliphatic rings. The van der Waals surface area contributed by atoms with E-state index in [1.807, 2.05) is 56.9 Å². The van der Waals surface area contributed by atoms with Gasteiger partial charge in [-0.15, -0.1) is 0 Å². The number of hydrogen-bond acceptors (Lipinski definition) is 4. The van der Waals surface area contributed by atoms with E-state index < -0.39 is 0 Å². The molecule has 2 fully saturated rings. The Hall–Kier alpha value is -2.21. The third kappa shape index (κ3) is 4.61. The van der Waals surface area contributed by atoms with E-state index in [2.05, 4.69) is 4.90 Å². The lowest BCUT2D eigenvalue weighted by molar-refractivity contribution is -0.138. The second-order valence-corrected chi connectivity index (χ2v) is 9.02. The Morgan fingerprint density at radius 2 is 1.64 bits per heavy atom. The van der Waals surface area contributed by atoms with Gasteiger partial charge in [0.25, 0.3) is 0 Å². The number of benzene rings is 1. The first-order chi connectivity index (χ1) is 13.1. The van der Waals surface area contributed by atoms with Gasteiger partial charge in [0.15, 0.2) is 5.78 Å². The van der Waals surface area contributed by atoms with Crippen LogP contribution in [0.3, 0.4) is 0 Å². The molecule has 2 aliphatic heterocycles. The number of piperazine rings is 1. The number of ketones is 1. The summed E-state index contributed by atoms with van der Waals surface area (Å²) in [6.45, 7) is 11.3. The van der Waals surface area contributed by atoms with Crippen molar-refractivity contribution in [3.05, 3.63) is 29.8 Å². The monoisotopic (exact) mass is 385 g/mol. The highest BCUT2D eigenvalue weighted by molar-refractivity contribution is 6.00. The van der Waals surface area contributed by atoms with Gasteiger partial charge in [-0.25, -0.2) is 0 Å². The number of anilines is 1. The Bertz CT molecular complexity index is 743. The molecule has 2 heterocycles. The van der Waals surface area contributed by atoms with Crippen LogP contribution in [0.2, 0.25) is 0 Å². The van der Waals surface area contributed by atoms with Crippen LogP contribution in [-0.4, -0.2) is 66.7 Å². The summed E-state index contributed by atoms with van der Waals surface area (Å²) in [5, 5.41) is 0. The molecule has 1 aromatic carbocycles. The van der Waals surface area contributed by atoms with Crippen molar-refractivity contribution >= 4 is 23.3 Å². The molecule has 1 atom stereocenters. The molecule has 0 unspecified atom stereocenters. The molecular weight excluding hydrogens is 354 g/mol. The maximum Gasteiger partial charge on any atom is 0.228 e. The van der Waals surface area contributed by atoms with Crippen LogP contribution in [0.1, 0.15) is 32.8 Å². The summed E-state index contributed by atoms with van der Waals surface area (Å²) in [6, 6.07) is 7.84. The number of amides is 2. The summed E-state index contributed by atoms with van der Waals surface area (Å²) >= 11 is 0. The van der Waals surface area contributed by atoms with Crippen molar-refractivity contribution in [1.29, 1.82) is 0 Å². The highest BCUT2D eigenvalue weighted by atomic mass is 16.2. The van der Waals surface area contributed by atoms with Crippen molar-refractivity contribution in [3.63, 3.8) is 0 Å². The van der Waals surface area contributed by atoms with Crippen LogP contribution < -0.4 is 4.90 Å². The molecule has 0 aromatic heterocycles. The van der Waals surface area contributed by atoms with E-state index in [-0.39, 0.29) is 35.4 Å². The zero-order valence-corrected chi connectivity index (χ0v) is 17.4. The molecule has 28 heavy (non-hydrogen) atoms. The Morgan fingerprint density at radius 1 is 1.04 bits per heavy atom. The normalized spacial score (nSPS) is 21.3. The number of rotatable bonds is 4. The van der Waals surface area contributed by atoms with Crippen molar-refractivity contribution in [1.82, 2.24) is 9.80 Å². The maximum atomic E-state index is 12.9. The minimum absolute atomic E-state index is 0.0108. The highest BCUT2D eigenvalue weighted by Crippen LogP contribution is 2.27. The number of carbonyl (C=O) groups excluding carboxylic acids is 3. The quantitative estimate of drug-likeness (QED) is 0.796. The number of Topliss-reactive ketones (excluding diaryl/α,β-unsaturated/α-hetero) is 1. The zero-order chi connectivity index (χ0) is 20.5. The Kier molecular flexibility index (Phi) is 5.89. The lowest BCUT2D eigenvalue weighted by Gasteiger charge is -2.36. The van der Waals surface area contributed by atoms with E-state index >= 15 is 0 Å². The third-order valence-electron chi connectivity index (χ3n) is 5.71. The molecule has 3 rings (SSSR count). The third-order valence-corrected chi connectivity index (χ3v) is 5.71. The smallest absolute Gasteiger partial charge is 0.228 e. The summed E-state index contributed by atoms with van der Waals surface area (Å²) in [5.41, 5.74) is 1.67. The van der Waals surface area contributed by atoms with Gasteiger partial charge in [-0.1, -0.05) is 38.5 Å². The first-order valence-corrected chi connectivity index (χ1v) is 10.1. The van der Waals surface area contributed by atoms with Crippen LogP contribution in [0.5, 0.6) is 0 Å². The fourth-order valence-corrected chi connectivity index (χ4v) is 3.67. The van der Waals surface area contributed by atoms with Crippen molar-refractivity contribution in [3.8, 4) is 0 Å². The highest BCUT2D eigenvalue weighted by Gasteiger charge is 2.38. The van der Waals surface area contributed by atoms with Crippen molar-refractivity contribution in [2.75, 3.05) is 44.2 Å². The molecule has 2 saturated heterocycles. The van der Waals surface area contributed by atoms with E-state index in [0.29, 0.717) is 39.3 Å². The van der Waals surface area contributed by atoms with Crippen molar-refractivity contribution in [2.45, 2.75) is 34.1 Å². The molecule has 0 spiro atoms. The van der Waals surface area contributed by atoms with E-state index in [4.69, 9.17) is 0 Å². The Morgan fingerprint density at radius 3 is 2.21 bits per heavy atom. The van der Waals surface area contributed by atoms with Crippen LogP contribution in [-0.2, 0) is 14.4 Å². The largest absolute Gasteiger partial charge is 0.340 e. The summed E-state index contributed by atoms with van der Waals surface area (Å²) in [7, 11) is 0. The van der Waals surface area contributed by atoms with E-state index in [1.165, 1.54) is 0 Å². The van der Waals surface area contributed by atoms with Gasteiger partial charge in [0.2, 0.25) is 11.8 Å². The van der Waals surface area contributed by atoms with Gasteiger partial charge in [-0.3, -0.25) is 19.3 Å². The standard InChI is InChI=1S/C22H31N3O3/c1-16-5-7-18(8-6-16)25-14-17(13-20(25)27)21(28)24-11-9-23(10-12-24)15-19(26)22(2,3)4/h5-8,17H,9-15H2,1-4H3/t17-/m1/s1. The SMILES string of the molecule is Cc1ccc(N2C[C@H](C(=O)N3CCN(CC(=O)C(C)(C)C)CC3)CC2=O)cc1. The predicted octanol–water partition coefficient (Wildman–Crippen LogP) is 2.11. The first kappa shape index (κ1) is 20.5. The Balaban J connectivity index is 1.54. The minimum Gasteiger partial charge on any atom is -0.340 e. The van der Waals surface area contributed by atoms with Crippen molar-refractivity contribution in [2.24, 2.45) is 11.3 Å². The molecule has 1 aromatic rings. The molecule has 0 saturated carbocycles. The number of aryl methyl sites for hydroxylation is 1. The summed E-state index contributed by atoms with van der Waals surface area (Å²) in [6.07, 6.45) is 0.273. The van der Waals surface area contributed by atoms with Gasteiger partial charge < -0.3 is 9.80 Å². The summed E-state index contributed by atoms with van der Waals surface area (Å²) in [5.74, 6) is 0.0142. The molecular formula is C22H31N3O3. The average molecular weight is 386 g/mol. The van der Waals surface area contributed by atoms with E-state index in [0.717, 1.165) is 11.3 Å². The van der Waals surface area contributed by atoms with Gasteiger partial charge in [0.05, 0.1) is 12.5 Å². The molecule has 6 nitrogen and oxygen atoms in total. The van der Waals surface area contributed by atoms with Gasteiger partial charge in [0.1, 0.15) is 0 Å². The van der Waals surface area contributed by atoms with Crippen LogP contribution in [0.25, 0.3) is 0 Å². The van der Waals surface area contributed by atoms with Crippen LogP contribution in [0, 0.1) is 18.3 Å². The van der Waals surface area contributed by atoms with Gasteiger partial charge in [-0.05, 0) is 19.1 Å². The van der Waals surface area contributed by atoms with Gasteiger partial charge in [0, 0.05) is 50.2 Å². The molecule has 0 bridgehead atoms.